The molecule has 7 rings (SSSR count). The number of fused-ring (bicyclic) bond motifs is 1. The normalized spacial score (nSPS) is 15.3. The number of hydrogen-bond acceptors (Lipinski definition) is 10. The summed E-state index contributed by atoms with van der Waals surface area (Å²) in [5, 5.41) is 48.0. The number of phenolic OH excluding ortho intramolecular Hbond substituents is 2. The molecule has 0 bridgehead atoms. The van der Waals surface area contributed by atoms with E-state index in [4.69, 9.17) is 5.41 Å². The Bertz CT molecular complexity index is 2390. The zero-order valence-electron chi connectivity index (χ0n) is 32.3. The van der Waals surface area contributed by atoms with Crippen LogP contribution in [0.2, 0.25) is 0 Å². The van der Waals surface area contributed by atoms with Gasteiger partial charge in [0.05, 0.1) is 22.5 Å². The Labute approximate surface area is 331 Å². The first-order valence-electron chi connectivity index (χ1n) is 19.2. The molecule has 13 nitrogen and oxygen atoms in total. The largest absolute Gasteiger partial charge is 0.508 e. The minimum atomic E-state index is -0.509. The molecule has 2 fully saturated rings. The highest BCUT2D eigenvalue weighted by atomic mass is 16.3. The number of aryl methyl sites for hydroxylation is 1. The first kappa shape index (κ1) is 38.7. The summed E-state index contributed by atoms with van der Waals surface area (Å²) in [5.41, 5.74) is 7.84. The molecule has 0 unspecified atom stereocenters. The van der Waals surface area contributed by atoms with E-state index in [2.05, 4.69) is 30.8 Å². The Hall–Kier alpha value is -6.60. The second-order valence-corrected chi connectivity index (χ2v) is 14.8. The minimum absolute atomic E-state index is 0.00242. The molecule has 292 valence electrons. The molecule has 5 aromatic rings. The van der Waals surface area contributed by atoms with Crippen LogP contribution >= 0.6 is 0 Å². The SMILES string of the molecule is Cc1cccc(C(=N)/C(=C2/CCCN2)c2ccnc3ccc(C(=O)NC(=O)N4CCN(Cc5ccc(NC(=N)c6cc(C(C)C)c(O)cc6O)cc5)CC4)cc23)n1. The van der Waals surface area contributed by atoms with Crippen molar-refractivity contribution in [1.82, 2.24) is 30.4 Å². The van der Waals surface area contributed by atoms with Crippen molar-refractivity contribution in [1.29, 1.82) is 10.8 Å². The molecule has 3 aromatic carbocycles. The van der Waals surface area contributed by atoms with E-state index < -0.39 is 11.9 Å². The van der Waals surface area contributed by atoms with E-state index in [-0.39, 0.29) is 23.3 Å². The van der Waals surface area contributed by atoms with E-state index in [1.807, 2.05) is 69.3 Å². The van der Waals surface area contributed by atoms with Crippen molar-refractivity contribution in [3.8, 4) is 11.5 Å². The van der Waals surface area contributed by atoms with Gasteiger partial charge in [0.2, 0.25) is 0 Å². The second-order valence-electron chi connectivity index (χ2n) is 14.8. The van der Waals surface area contributed by atoms with E-state index in [1.54, 1.807) is 35.4 Å². The molecule has 4 heterocycles. The minimum Gasteiger partial charge on any atom is -0.508 e. The number of urea groups is 1. The van der Waals surface area contributed by atoms with E-state index in [1.165, 1.54) is 6.07 Å². The molecule has 0 radical (unpaired) electrons. The molecule has 7 N–H and O–H groups in total. The van der Waals surface area contributed by atoms with Crippen molar-refractivity contribution in [2.75, 3.05) is 38.0 Å². The Morgan fingerprint density at radius 3 is 2.39 bits per heavy atom. The van der Waals surface area contributed by atoms with Crippen molar-refractivity contribution >= 4 is 45.6 Å². The number of rotatable bonds is 9. The average molecular weight is 766 g/mol. The van der Waals surface area contributed by atoms with Crippen LogP contribution in [0.3, 0.4) is 0 Å². The Morgan fingerprint density at radius 1 is 0.912 bits per heavy atom. The summed E-state index contributed by atoms with van der Waals surface area (Å²) in [6.07, 6.45) is 3.46. The summed E-state index contributed by atoms with van der Waals surface area (Å²) in [7, 11) is 0. The molecule has 0 spiro atoms. The zero-order chi connectivity index (χ0) is 40.2. The lowest BCUT2D eigenvalue weighted by Gasteiger charge is -2.34. The van der Waals surface area contributed by atoms with Crippen LogP contribution in [0.25, 0.3) is 16.5 Å². The van der Waals surface area contributed by atoms with Crippen LogP contribution in [0.4, 0.5) is 10.5 Å². The van der Waals surface area contributed by atoms with Gasteiger partial charge < -0.3 is 25.7 Å². The molecular formula is C44H47N9O4. The van der Waals surface area contributed by atoms with Crippen molar-refractivity contribution in [3.63, 3.8) is 0 Å². The summed E-state index contributed by atoms with van der Waals surface area (Å²) >= 11 is 0. The number of aromatic hydroxyl groups is 2. The number of nitrogens with one attached hydrogen (secondary N) is 5. The zero-order valence-corrected chi connectivity index (χ0v) is 32.3. The maximum atomic E-state index is 13.5. The van der Waals surface area contributed by atoms with Gasteiger partial charge in [0.1, 0.15) is 17.3 Å². The topological polar surface area (TPSA) is 191 Å². The number of anilines is 1. The quantitative estimate of drug-likeness (QED) is 0.0629. The van der Waals surface area contributed by atoms with Crippen molar-refractivity contribution in [2.45, 2.75) is 46.1 Å². The van der Waals surface area contributed by atoms with Crippen molar-refractivity contribution in [2.24, 2.45) is 0 Å². The van der Waals surface area contributed by atoms with E-state index in [9.17, 15) is 25.2 Å². The lowest BCUT2D eigenvalue weighted by Crippen LogP contribution is -2.52. The Kier molecular flexibility index (Phi) is 11.3. The van der Waals surface area contributed by atoms with Crippen LogP contribution in [0, 0.1) is 17.7 Å². The van der Waals surface area contributed by atoms with Gasteiger partial charge in [-0.3, -0.25) is 35.8 Å². The van der Waals surface area contributed by atoms with Gasteiger partial charge in [0.15, 0.2) is 0 Å². The Morgan fingerprint density at radius 2 is 1.68 bits per heavy atom. The molecule has 0 saturated carbocycles. The van der Waals surface area contributed by atoms with Gasteiger partial charge >= 0.3 is 6.03 Å². The first-order valence-corrected chi connectivity index (χ1v) is 19.2. The number of pyridine rings is 2. The molecule has 3 amide bonds. The third-order valence-corrected chi connectivity index (χ3v) is 10.5. The lowest BCUT2D eigenvalue weighted by molar-refractivity contribution is 0.0932. The number of hydrogen-bond donors (Lipinski definition) is 7. The summed E-state index contributed by atoms with van der Waals surface area (Å²) in [6.45, 7) is 9.42. The fourth-order valence-corrected chi connectivity index (χ4v) is 7.35. The van der Waals surface area contributed by atoms with Crippen LogP contribution in [0.1, 0.15) is 76.6 Å². The Balaban J connectivity index is 0.966. The maximum Gasteiger partial charge on any atom is 0.324 e. The van der Waals surface area contributed by atoms with E-state index in [0.29, 0.717) is 77.4 Å². The lowest BCUT2D eigenvalue weighted by atomic mass is 9.92. The van der Waals surface area contributed by atoms with Crippen LogP contribution < -0.4 is 16.0 Å². The fraction of sp³-hybridized carbons (Fsp3) is 0.273. The van der Waals surface area contributed by atoms with Crippen LogP contribution in [0.5, 0.6) is 11.5 Å². The number of aromatic nitrogens is 2. The molecule has 2 aliphatic heterocycles. The van der Waals surface area contributed by atoms with Gasteiger partial charge in [-0.15, -0.1) is 0 Å². The van der Waals surface area contributed by atoms with Crippen LogP contribution in [-0.2, 0) is 6.54 Å². The molecule has 57 heavy (non-hydrogen) atoms. The van der Waals surface area contributed by atoms with Gasteiger partial charge in [0, 0.05) is 85.1 Å². The van der Waals surface area contributed by atoms with Crippen molar-refractivity contribution in [3.05, 3.63) is 130 Å². The molecule has 0 aliphatic carbocycles. The number of carbonyl (C=O) groups excluding carboxylic acids is 2. The standard InChI is InChI=1S/C44H47N9O4/c1-26(2)32-23-34(39(55)24-38(32)54)42(46)50-30-12-9-28(10-13-30)25-52-18-20-53(21-19-52)44(57)51-43(56)29-11-14-35-33(22-29)31(15-17-48-35)40(36-8-5-16-47-36)41(45)37-7-4-6-27(3)49-37/h4,6-7,9-15,17,22-24,26,45,47,54-55H,5,8,16,18-21,25H2,1-3H3,(H2,46,50)(H,51,56,57)/b40-36-,45-41?. The monoisotopic (exact) mass is 765 g/mol. The summed E-state index contributed by atoms with van der Waals surface area (Å²) < 4.78 is 0. The molecule has 2 aliphatic rings. The number of phenols is 2. The fourth-order valence-electron chi connectivity index (χ4n) is 7.35. The number of piperazine rings is 1. The van der Waals surface area contributed by atoms with Gasteiger partial charge in [-0.1, -0.05) is 32.0 Å². The van der Waals surface area contributed by atoms with E-state index >= 15 is 0 Å². The summed E-state index contributed by atoms with van der Waals surface area (Å²) in [5.74, 6) is -0.624. The first-order chi connectivity index (χ1) is 27.4. The van der Waals surface area contributed by atoms with Gasteiger partial charge in [-0.05, 0) is 97.0 Å². The average Bonchev–Trinajstić information content (AvgIpc) is 3.73. The van der Waals surface area contributed by atoms with Gasteiger partial charge in [-0.2, -0.15) is 0 Å². The highest BCUT2D eigenvalue weighted by Gasteiger charge is 2.25. The molecule has 2 aromatic heterocycles. The molecular weight excluding hydrogens is 719 g/mol. The highest BCUT2D eigenvalue weighted by molar-refractivity contribution is 6.32. The summed E-state index contributed by atoms with van der Waals surface area (Å²) in [4.78, 5) is 39.9. The highest BCUT2D eigenvalue weighted by Crippen LogP contribution is 2.34. The van der Waals surface area contributed by atoms with Crippen molar-refractivity contribution < 1.29 is 19.8 Å². The molecule has 2 saturated heterocycles. The predicted octanol–water partition coefficient (Wildman–Crippen LogP) is 6.74. The third-order valence-electron chi connectivity index (χ3n) is 10.5. The maximum absolute atomic E-state index is 13.5. The van der Waals surface area contributed by atoms with Gasteiger partial charge in [0.25, 0.3) is 5.91 Å². The number of carbonyl (C=O) groups is 2. The summed E-state index contributed by atoms with van der Waals surface area (Å²) in [6, 6.07) is 22.8. The van der Waals surface area contributed by atoms with Crippen LogP contribution in [0.15, 0.2) is 90.8 Å². The number of imide groups is 1. The smallest absolute Gasteiger partial charge is 0.324 e. The number of amidine groups is 1. The second kappa shape index (κ2) is 16.6. The van der Waals surface area contributed by atoms with Crippen LogP contribution in [-0.4, -0.2) is 86.2 Å². The molecule has 13 heteroatoms. The van der Waals surface area contributed by atoms with Gasteiger partial charge in [-0.25, -0.2) is 4.79 Å². The molecule has 0 atom stereocenters. The predicted molar refractivity (Wildman–Crippen MR) is 222 cm³/mol. The van der Waals surface area contributed by atoms with E-state index in [0.717, 1.165) is 47.5 Å². The third kappa shape index (κ3) is 8.63. The number of benzene rings is 3. The number of nitrogens with zero attached hydrogens (tertiary/aromatic N) is 4. The number of allylic oxidation sites excluding steroid dienone is 2. The number of amides is 3.